The summed E-state index contributed by atoms with van der Waals surface area (Å²) < 4.78 is 0. The first-order chi connectivity index (χ1) is 7.52. The van der Waals surface area contributed by atoms with E-state index in [0.29, 0.717) is 5.92 Å². The second-order valence-electron chi connectivity index (χ2n) is 4.98. The lowest BCUT2D eigenvalue weighted by atomic mass is 9.98. The van der Waals surface area contributed by atoms with Crippen LogP contribution in [-0.4, -0.2) is 6.54 Å². The van der Waals surface area contributed by atoms with E-state index in [4.69, 9.17) is 5.73 Å². The minimum absolute atomic E-state index is 0.710. The van der Waals surface area contributed by atoms with Gasteiger partial charge in [0, 0.05) is 12.2 Å². The number of anilines is 1. The molecule has 0 bridgehead atoms. The quantitative estimate of drug-likeness (QED) is 0.749. The summed E-state index contributed by atoms with van der Waals surface area (Å²) in [6.07, 6.45) is 0. The van der Waals surface area contributed by atoms with Crippen molar-refractivity contribution in [3.63, 3.8) is 0 Å². The molecule has 0 saturated carbocycles. The highest BCUT2D eigenvalue weighted by Crippen LogP contribution is 2.15. The molecule has 2 heteroatoms. The molecule has 0 heterocycles. The summed E-state index contributed by atoms with van der Waals surface area (Å²) in [6, 6.07) is 6.11. The van der Waals surface area contributed by atoms with Crippen LogP contribution in [-0.2, 0) is 6.54 Å². The highest BCUT2D eigenvalue weighted by Gasteiger charge is 2.06. The molecule has 2 nitrogen and oxygen atoms in total. The number of benzene rings is 1. The molecule has 1 atom stereocenters. The molecule has 0 amide bonds. The third-order valence-electron chi connectivity index (χ3n) is 3.41. The summed E-state index contributed by atoms with van der Waals surface area (Å²) in [5, 5.41) is 3.50. The van der Waals surface area contributed by atoms with Crippen molar-refractivity contribution in [1.82, 2.24) is 5.32 Å². The first kappa shape index (κ1) is 13.0. The lowest BCUT2D eigenvalue weighted by molar-refractivity contribution is 0.392. The zero-order valence-electron chi connectivity index (χ0n) is 10.9. The van der Waals surface area contributed by atoms with Gasteiger partial charge >= 0.3 is 0 Å². The molecule has 1 aromatic rings. The fraction of sp³-hybridized carbons (Fsp3) is 0.571. The van der Waals surface area contributed by atoms with Gasteiger partial charge < -0.3 is 11.1 Å². The molecule has 0 aliphatic carbocycles. The molecule has 3 N–H and O–H groups in total. The normalized spacial score (nSPS) is 13.1. The minimum atomic E-state index is 0.710. The summed E-state index contributed by atoms with van der Waals surface area (Å²) in [6.45, 7) is 10.9. The zero-order chi connectivity index (χ0) is 12.1. The fourth-order valence-corrected chi connectivity index (χ4v) is 1.57. The van der Waals surface area contributed by atoms with Crippen molar-refractivity contribution in [3.8, 4) is 0 Å². The SMILES string of the molecule is Cc1c(N)cccc1CNCC(C)C(C)C. The predicted octanol–water partition coefficient (Wildman–Crippen LogP) is 2.96. The minimum Gasteiger partial charge on any atom is -0.399 e. The Balaban J connectivity index is 2.46. The summed E-state index contributed by atoms with van der Waals surface area (Å²) in [5.74, 6) is 1.44. The van der Waals surface area contributed by atoms with Crippen LogP contribution in [0.5, 0.6) is 0 Å². The molecule has 0 aliphatic heterocycles. The lowest BCUT2D eigenvalue weighted by Gasteiger charge is -2.17. The van der Waals surface area contributed by atoms with Gasteiger partial charge in [-0.15, -0.1) is 0 Å². The number of hydrogen-bond acceptors (Lipinski definition) is 2. The van der Waals surface area contributed by atoms with Crippen LogP contribution in [0.4, 0.5) is 5.69 Å². The Labute approximate surface area is 99.2 Å². The van der Waals surface area contributed by atoms with Gasteiger partial charge in [-0.2, -0.15) is 0 Å². The number of hydrogen-bond donors (Lipinski definition) is 2. The Morgan fingerprint density at radius 2 is 1.94 bits per heavy atom. The van der Waals surface area contributed by atoms with Crippen LogP contribution in [0.1, 0.15) is 31.9 Å². The second kappa shape index (κ2) is 5.90. The molecule has 0 spiro atoms. The van der Waals surface area contributed by atoms with Gasteiger partial charge in [-0.3, -0.25) is 0 Å². The summed E-state index contributed by atoms with van der Waals surface area (Å²) in [4.78, 5) is 0. The van der Waals surface area contributed by atoms with E-state index in [0.717, 1.165) is 24.7 Å². The van der Waals surface area contributed by atoms with E-state index in [9.17, 15) is 0 Å². The van der Waals surface area contributed by atoms with Crippen LogP contribution in [0.3, 0.4) is 0 Å². The van der Waals surface area contributed by atoms with Crippen LogP contribution < -0.4 is 11.1 Å². The predicted molar refractivity (Wildman–Crippen MR) is 71.3 cm³/mol. The molecule has 16 heavy (non-hydrogen) atoms. The smallest absolute Gasteiger partial charge is 0.0346 e. The maximum Gasteiger partial charge on any atom is 0.0346 e. The van der Waals surface area contributed by atoms with Crippen molar-refractivity contribution < 1.29 is 0 Å². The van der Waals surface area contributed by atoms with Gasteiger partial charge in [0.1, 0.15) is 0 Å². The fourth-order valence-electron chi connectivity index (χ4n) is 1.57. The largest absolute Gasteiger partial charge is 0.399 e. The molecule has 90 valence electrons. The number of nitrogen functional groups attached to an aromatic ring is 1. The van der Waals surface area contributed by atoms with Crippen molar-refractivity contribution in [3.05, 3.63) is 29.3 Å². The molecule has 0 aromatic heterocycles. The van der Waals surface area contributed by atoms with E-state index in [1.54, 1.807) is 0 Å². The number of rotatable bonds is 5. The van der Waals surface area contributed by atoms with Gasteiger partial charge in [0.05, 0.1) is 0 Å². The standard InChI is InChI=1S/C14H24N2/c1-10(2)11(3)8-16-9-13-6-5-7-14(15)12(13)4/h5-7,10-11,16H,8-9,15H2,1-4H3. The van der Waals surface area contributed by atoms with Crippen molar-refractivity contribution in [2.75, 3.05) is 12.3 Å². The van der Waals surface area contributed by atoms with E-state index >= 15 is 0 Å². The van der Waals surface area contributed by atoms with Crippen molar-refractivity contribution >= 4 is 5.69 Å². The molecule has 1 unspecified atom stereocenters. The van der Waals surface area contributed by atoms with Crippen molar-refractivity contribution in [1.29, 1.82) is 0 Å². The van der Waals surface area contributed by atoms with Gasteiger partial charge in [-0.25, -0.2) is 0 Å². The molecule has 0 saturated heterocycles. The average molecular weight is 220 g/mol. The van der Waals surface area contributed by atoms with E-state index in [-0.39, 0.29) is 0 Å². The molecule has 1 aromatic carbocycles. The first-order valence-electron chi connectivity index (χ1n) is 6.07. The molecule has 0 aliphatic rings. The van der Waals surface area contributed by atoms with Gasteiger partial charge in [-0.05, 0) is 42.5 Å². The van der Waals surface area contributed by atoms with E-state index in [2.05, 4.69) is 39.1 Å². The first-order valence-corrected chi connectivity index (χ1v) is 6.07. The molecule has 0 radical (unpaired) electrons. The number of nitrogens with one attached hydrogen (secondary N) is 1. The monoisotopic (exact) mass is 220 g/mol. The van der Waals surface area contributed by atoms with Gasteiger partial charge in [-0.1, -0.05) is 32.9 Å². The Morgan fingerprint density at radius 1 is 1.25 bits per heavy atom. The summed E-state index contributed by atoms with van der Waals surface area (Å²) >= 11 is 0. The van der Waals surface area contributed by atoms with Crippen LogP contribution >= 0.6 is 0 Å². The van der Waals surface area contributed by atoms with Crippen LogP contribution in [0.2, 0.25) is 0 Å². The highest BCUT2D eigenvalue weighted by atomic mass is 14.9. The zero-order valence-corrected chi connectivity index (χ0v) is 10.9. The van der Waals surface area contributed by atoms with Gasteiger partial charge in [0.25, 0.3) is 0 Å². The molecular weight excluding hydrogens is 196 g/mol. The van der Waals surface area contributed by atoms with Crippen LogP contribution in [0.15, 0.2) is 18.2 Å². The maximum absolute atomic E-state index is 5.87. The third kappa shape index (κ3) is 3.53. The third-order valence-corrected chi connectivity index (χ3v) is 3.41. The Bertz CT molecular complexity index is 332. The van der Waals surface area contributed by atoms with Gasteiger partial charge in [0.15, 0.2) is 0 Å². The van der Waals surface area contributed by atoms with Crippen molar-refractivity contribution in [2.24, 2.45) is 11.8 Å². The summed E-state index contributed by atoms with van der Waals surface area (Å²) in [5.41, 5.74) is 9.26. The Hall–Kier alpha value is -1.02. The van der Waals surface area contributed by atoms with Crippen LogP contribution in [0.25, 0.3) is 0 Å². The summed E-state index contributed by atoms with van der Waals surface area (Å²) in [7, 11) is 0. The lowest BCUT2D eigenvalue weighted by Crippen LogP contribution is -2.24. The molecular formula is C14H24N2. The maximum atomic E-state index is 5.87. The average Bonchev–Trinajstić information content (AvgIpc) is 2.24. The number of nitrogens with two attached hydrogens (primary N) is 1. The van der Waals surface area contributed by atoms with Crippen LogP contribution in [0, 0.1) is 18.8 Å². The van der Waals surface area contributed by atoms with E-state index in [1.807, 2.05) is 12.1 Å². The Morgan fingerprint density at radius 3 is 2.56 bits per heavy atom. The Kier molecular flexibility index (Phi) is 4.81. The van der Waals surface area contributed by atoms with Crippen molar-refractivity contribution in [2.45, 2.75) is 34.2 Å². The molecule has 0 fully saturated rings. The second-order valence-corrected chi connectivity index (χ2v) is 4.98. The highest BCUT2D eigenvalue weighted by molar-refractivity contribution is 5.49. The topological polar surface area (TPSA) is 38.0 Å². The van der Waals surface area contributed by atoms with Gasteiger partial charge in [0.2, 0.25) is 0 Å². The van der Waals surface area contributed by atoms with E-state index < -0.39 is 0 Å². The van der Waals surface area contributed by atoms with E-state index in [1.165, 1.54) is 11.1 Å². The molecule has 1 rings (SSSR count).